The molecule has 84 valence electrons. The van der Waals surface area contributed by atoms with Gasteiger partial charge in [-0.3, -0.25) is 4.79 Å². The van der Waals surface area contributed by atoms with E-state index in [1.165, 1.54) is 18.1 Å². The standard InChI is InChI=1S/C13H14O3/c1-8(14)13-15-11-6-9-4-2-3-5-10(9)7-12(11)16-13/h2,4,6-7,11-13H,3,5H2,1H3/t11-,12+,13-/m0/s1. The molecule has 3 heteroatoms. The van der Waals surface area contributed by atoms with Gasteiger partial charge in [-0.25, -0.2) is 0 Å². The summed E-state index contributed by atoms with van der Waals surface area (Å²) in [6, 6.07) is 0. The lowest BCUT2D eigenvalue weighted by Crippen LogP contribution is -2.23. The maximum absolute atomic E-state index is 11.2. The molecule has 3 atom stereocenters. The minimum atomic E-state index is -0.687. The van der Waals surface area contributed by atoms with Gasteiger partial charge in [-0.15, -0.1) is 0 Å². The molecule has 0 radical (unpaired) electrons. The number of carbonyl (C=O) groups excluding carboxylic acids is 1. The lowest BCUT2D eigenvalue weighted by atomic mass is 9.88. The van der Waals surface area contributed by atoms with Crippen LogP contribution in [0.15, 0.2) is 35.5 Å². The highest BCUT2D eigenvalue weighted by Crippen LogP contribution is 2.34. The van der Waals surface area contributed by atoms with Crippen LogP contribution in [0.5, 0.6) is 0 Å². The highest BCUT2D eigenvalue weighted by Gasteiger charge is 2.38. The van der Waals surface area contributed by atoms with Gasteiger partial charge >= 0.3 is 0 Å². The van der Waals surface area contributed by atoms with E-state index in [0.717, 1.165) is 12.8 Å². The van der Waals surface area contributed by atoms with Crippen molar-refractivity contribution in [3.05, 3.63) is 35.5 Å². The van der Waals surface area contributed by atoms with Crippen LogP contribution < -0.4 is 0 Å². The fourth-order valence-corrected chi connectivity index (χ4v) is 2.35. The van der Waals surface area contributed by atoms with E-state index in [2.05, 4.69) is 24.3 Å². The average Bonchev–Trinajstić information content (AvgIpc) is 2.68. The Morgan fingerprint density at radius 3 is 2.81 bits per heavy atom. The number of fused-ring (bicyclic) bond motifs is 2. The molecule has 1 aliphatic heterocycles. The summed E-state index contributed by atoms with van der Waals surface area (Å²) in [5.74, 6) is -0.0651. The van der Waals surface area contributed by atoms with Crippen molar-refractivity contribution >= 4 is 5.78 Å². The summed E-state index contributed by atoms with van der Waals surface area (Å²) in [7, 11) is 0. The van der Waals surface area contributed by atoms with Gasteiger partial charge in [-0.2, -0.15) is 0 Å². The number of hydrogen-bond acceptors (Lipinski definition) is 3. The third kappa shape index (κ3) is 1.56. The van der Waals surface area contributed by atoms with Crippen molar-refractivity contribution in [1.82, 2.24) is 0 Å². The third-order valence-corrected chi connectivity index (χ3v) is 3.18. The molecular weight excluding hydrogens is 204 g/mol. The first-order valence-electron chi connectivity index (χ1n) is 5.65. The van der Waals surface area contributed by atoms with E-state index in [4.69, 9.17) is 9.47 Å². The third-order valence-electron chi connectivity index (χ3n) is 3.18. The van der Waals surface area contributed by atoms with Crippen molar-refractivity contribution in [3.63, 3.8) is 0 Å². The Labute approximate surface area is 94.4 Å². The molecule has 0 saturated carbocycles. The van der Waals surface area contributed by atoms with Gasteiger partial charge in [-0.05, 0) is 43.1 Å². The van der Waals surface area contributed by atoms with Gasteiger partial charge in [-0.1, -0.05) is 12.2 Å². The van der Waals surface area contributed by atoms with E-state index in [-0.39, 0.29) is 18.0 Å². The molecule has 0 aromatic heterocycles. The van der Waals surface area contributed by atoms with Crippen molar-refractivity contribution in [3.8, 4) is 0 Å². The Morgan fingerprint density at radius 1 is 1.31 bits per heavy atom. The van der Waals surface area contributed by atoms with E-state index in [0.29, 0.717) is 0 Å². The first kappa shape index (κ1) is 10.00. The normalized spacial score (nSPS) is 36.2. The Balaban J connectivity index is 1.87. The van der Waals surface area contributed by atoms with E-state index in [9.17, 15) is 4.79 Å². The summed E-state index contributed by atoms with van der Waals surface area (Å²) in [4.78, 5) is 11.2. The Hall–Kier alpha value is -1.19. The number of ketones is 1. The zero-order valence-corrected chi connectivity index (χ0v) is 9.18. The van der Waals surface area contributed by atoms with Gasteiger partial charge in [0.25, 0.3) is 0 Å². The van der Waals surface area contributed by atoms with Crippen LogP contribution in [0.4, 0.5) is 0 Å². The molecular formula is C13H14O3. The maximum atomic E-state index is 11.2. The molecule has 1 heterocycles. The van der Waals surface area contributed by atoms with Crippen molar-refractivity contribution in [2.75, 3.05) is 0 Å². The number of ether oxygens (including phenoxy) is 2. The van der Waals surface area contributed by atoms with Crippen LogP contribution in [0.3, 0.4) is 0 Å². The quantitative estimate of drug-likeness (QED) is 0.674. The van der Waals surface area contributed by atoms with Crippen molar-refractivity contribution in [1.29, 1.82) is 0 Å². The lowest BCUT2D eigenvalue weighted by molar-refractivity contribution is -0.144. The summed E-state index contributed by atoms with van der Waals surface area (Å²) in [6.07, 6.45) is 9.72. The second kappa shape index (κ2) is 3.68. The summed E-state index contributed by atoms with van der Waals surface area (Å²) < 4.78 is 11.1. The van der Waals surface area contributed by atoms with Gasteiger partial charge in [0.2, 0.25) is 6.29 Å². The minimum absolute atomic E-state index is 0.0651. The van der Waals surface area contributed by atoms with Gasteiger partial charge in [0.15, 0.2) is 5.78 Å². The predicted octanol–water partition coefficient (Wildman–Crippen LogP) is 1.90. The maximum Gasteiger partial charge on any atom is 0.218 e. The van der Waals surface area contributed by atoms with Crippen LogP contribution >= 0.6 is 0 Å². The zero-order chi connectivity index (χ0) is 11.1. The van der Waals surface area contributed by atoms with Crippen LogP contribution in [0.2, 0.25) is 0 Å². The van der Waals surface area contributed by atoms with Crippen LogP contribution in [0.1, 0.15) is 19.8 Å². The largest absolute Gasteiger partial charge is 0.335 e. The Morgan fingerprint density at radius 2 is 2.06 bits per heavy atom. The Kier molecular flexibility index (Phi) is 2.30. The number of allylic oxidation sites excluding steroid dienone is 4. The SMILES string of the molecule is CC(=O)[C@H]1O[C@H]2C=C3C=CCCC3=C[C@H]2O1. The molecule has 16 heavy (non-hydrogen) atoms. The molecule has 0 unspecified atom stereocenters. The molecule has 3 nitrogen and oxygen atoms in total. The fourth-order valence-electron chi connectivity index (χ4n) is 2.35. The lowest BCUT2D eigenvalue weighted by Gasteiger charge is -2.22. The van der Waals surface area contributed by atoms with Gasteiger partial charge in [0.1, 0.15) is 12.2 Å². The number of hydrogen-bond donors (Lipinski definition) is 0. The van der Waals surface area contributed by atoms with Crippen LogP contribution in [-0.4, -0.2) is 24.3 Å². The molecule has 3 aliphatic rings. The molecule has 0 N–H and O–H groups in total. The molecule has 0 aromatic rings. The molecule has 1 fully saturated rings. The molecule has 3 rings (SSSR count). The molecule has 0 spiro atoms. The second-order valence-electron chi connectivity index (χ2n) is 4.40. The van der Waals surface area contributed by atoms with Gasteiger partial charge in [0.05, 0.1) is 0 Å². The summed E-state index contributed by atoms with van der Waals surface area (Å²) in [6.45, 7) is 1.50. The van der Waals surface area contributed by atoms with Crippen molar-refractivity contribution in [2.24, 2.45) is 0 Å². The summed E-state index contributed by atoms with van der Waals surface area (Å²) in [5, 5.41) is 0. The first-order valence-corrected chi connectivity index (χ1v) is 5.65. The number of rotatable bonds is 1. The van der Waals surface area contributed by atoms with Crippen LogP contribution in [0.25, 0.3) is 0 Å². The highest BCUT2D eigenvalue weighted by atomic mass is 16.7. The average molecular weight is 218 g/mol. The van der Waals surface area contributed by atoms with E-state index in [1.807, 2.05) is 0 Å². The summed E-state index contributed by atoms with van der Waals surface area (Å²) in [5.41, 5.74) is 2.54. The molecule has 0 amide bonds. The van der Waals surface area contributed by atoms with E-state index in [1.54, 1.807) is 0 Å². The van der Waals surface area contributed by atoms with Gasteiger partial charge < -0.3 is 9.47 Å². The van der Waals surface area contributed by atoms with E-state index < -0.39 is 6.29 Å². The Bertz CT molecular complexity index is 417. The molecule has 0 aromatic carbocycles. The van der Waals surface area contributed by atoms with Crippen LogP contribution in [-0.2, 0) is 14.3 Å². The monoisotopic (exact) mass is 218 g/mol. The van der Waals surface area contributed by atoms with Crippen molar-refractivity contribution in [2.45, 2.75) is 38.3 Å². The number of carbonyl (C=O) groups is 1. The topological polar surface area (TPSA) is 35.5 Å². The fraction of sp³-hybridized carbons (Fsp3) is 0.462. The van der Waals surface area contributed by atoms with Crippen LogP contribution in [0, 0.1) is 0 Å². The van der Waals surface area contributed by atoms with E-state index >= 15 is 0 Å². The molecule has 1 saturated heterocycles. The zero-order valence-electron chi connectivity index (χ0n) is 9.18. The molecule has 0 bridgehead atoms. The second-order valence-corrected chi connectivity index (χ2v) is 4.40. The van der Waals surface area contributed by atoms with Crippen molar-refractivity contribution < 1.29 is 14.3 Å². The molecule has 2 aliphatic carbocycles. The highest BCUT2D eigenvalue weighted by molar-refractivity contribution is 5.79. The first-order chi connectivity index (χ1) is 7.74. The summed E-state index contributed by atoms with van der Waals surface area (Å²) >= 11 is 0. The smallest absolute Gasteiger partial charge is 0.218 e. The predicted molar refractivity (Wildman–Crippen MR) is 58.8 cm³/mol. The minimum Gasteiger partial charge on any atom is -0.335 e. The van der Waals surface area contributed by atoms with Gasteiger partial charge in [0, 0.05) is 0 Å². The number of Topliss-reactive ketones (excluding diaryl/α,β-unsaturated/α-hetero) is 1.